The Labute approximate surface area is 53.8 Å². The van der Waals surface area contributed by atoms with Crippen molar-refractivity contribution in [1.29, 1.82) is 0 Å². The van der Waals surface area contributed by atoms with E-state index in [0.29, 0.717) is 6.61 Å². The molecule has 8 heavy (non-hydrogen) atoms. The first-order chi connectivity index (χ1) is 3.68. The van der Waals surface area contributed by atoms with Crippen LogP contribution in [0.5, 0.6) is 0 Å². The van der Waals surface area contributed by atoms with Gasteiger partial charge in [0.1, 0.15) is 0 Å². The average Bonchev–Trinajstić information content (AvgIpc) is 1.67. The Balaban J connectivity index is 3.33. The van der Waals surface area contributed by atoms with E-state index in [1.165, 1.54) is 6.92 Å². The standard InChI is InChI=1S/C5H8ClO2/c1-3-8-5(7)4(2)6/h3H2,1-2H3. The van der Waals surface area contributed by atoms with E-state index in [-0.39, 0.29) is 5.38 Å². The van der Waals surface area contributed by atoms with Crippen LogP contribution in [0, 0.1) is 5.38 Å². The molecule has 0 bridgehead atoms. The minimum Gasteiger partial charge on any atom is -0.465 e. The fraction of sp³-hybridized carbons (Fsp3) is 0.600. The van der Waals surface area contributed by atoms with E-state index in [1.807, 2.05) is 0 Å². The van der Waals surface area contributed by atoms with Crippen LogP contribution in [0.25, 0.3) is 0 Å². The average molecular weight is 136 g/mol. The Morgan fingerprint density at radius 1 is 1.75 bits per heavy atom. The van der Waals surface area contributed by atoms with E-state index in [0.717, 1.165) is 0 Å². The Morgan fingerprint density at radius 3 is 2.38 bits per heavy atom. The molecule has 1 radical (unpaired) electrons. The molecule has 0 N–H and O–H groups in total. The normalized spacial score (nSPS) is 9.50. The number of rotatable bonds is 2. The molecule has 0 aromatic carbocycles. The maximum absolute atomic E-state index is 10.4. The van der Waals surface area contributed by atoms with Gasteiger partial charge in [-0.15, -0.1) is 11.6 Å². The molecule has 0 unspecified atom stereocenters. The fourth-order valence-electron chi connectivity index (χ4n) is 0.231. The van der Waals surface area contributed by atoms with Crippen LogP contribution in [0.3, 0.4) is 0 Å². The second-order valence-electron chi connectivity index (χ2n) is 1.25. The lowest BCUT2D eigenvalue weighted by atomic mass is 10.5. The molecular weight excluding hydrogens is 128 g/mol. The predicted octanol–water partition coefficient (Wildman–Crippen LogP) is 1.34. The minimum atomic E-state index is -0.436. The summed E-state index contributed by atoms with van der Waals surface area (Å²) < 4.78 is 4.50. The zero-order valence-electron chi connectivity index (χ0n) is 4.90. The van der Waals surface area contributed by atoms with Gasteiger partial charge in [0.05, 0.1) is 6.61 Å². The summed E-state index contributed by atoms with van der Waals surface area (Å²) in [6.07, 6.45) is 0. The summed E-state index contributed by atoms with van der Waals surface area (Å²) in [4.78, 5) is 10.4. The molecule has 0 amide bonds. The molecule has 47 valence electrons. The summed E-state index contributed by atoms with van der Waals surface area (Å²) in [5.41, 5.74) is 0. The molecular formula is C5H8ClO2. The summed E-state index contributed by atoms with van der Waals surface area (Å²) in [7, 11) is 0. The predicted molar refractivity (Wildman–Crippen MR) is 31.4 cm³/mol. The molecule has 0 saturated heterocycles. The lowest BCUT2D eigenvalue weighted by Gasteiger charge is -1.99. The molecule has 0 heterocycles. The topological polar surface area (TPSA) is 26.3 Å². The minimum absolute atomic E-state index is 0.173. The Bertz CT molecular complexity index is 80.5. The number of hydrogen-bond acceptors (Lipinski definition) is 2. The summed E-state index contributed by atoms with van der Waals surface area (Å²) in [5.74, 6) is -0.436. The first-order valence-electron chi connectivity index (χ1n) is 2.34. The van der Waals surface area contributed by atoms with Crippen molar-refractivity contribution < 1.29 is 9.53 Å². The van der Waals surface area contributed by atoms with Crippen molar-refractivity contribution >= 4 is 17.6 Å². The van der Waals surface area contributed by atoms with Crippen molar-refractivity contribution in [2.75, 3.05) is 6.61 Å². The van der Waals surface area contributed by atoms with Crippen LogP contribution >= 0.6 is 11.6 Å². The zero-order chi connectivity index (χ0) is 6.57. The van der Waals surface area contributed by atoms with Crippen molar-refractivity contribution in [2.24, 2.45) is 0 Å². The van der Waals surface area contributed by atoms with E-state index in [9.17, 15) is 4.79 Å². The van der Waals surface area contributed by atoms with Crippen LogP contribution in [0.4, 0.5) is 0 Å². The van der Waals surface area contributed by atoms with E-state index in [1.54, 1.807) is 6.92 Å². The van der Waals surface area contributed by atoms with E-state index < -0.39 is 5.97 Å². The molecule has 2 nitrogen and oxygen atoms in total. The van der Waals surface area contributed by atoms with Gasteiger partial charge in [0.15, 0.2) is 5.38 Å². The summed E-state index contributed by atoms with van der Waals surface area (Å²) in [6, 6.07) is 0. The third kappa shape index (κ3) is 2.86. The molecule has 0 aliphatic heterocycles. The van der Waals surface area contributed by atoms with Crippen LogP contribution in [-0.4, -0.2) is 12.6 Å². The highest BCUT2D eigenvalue weighted by molar-refractivity contribution is 6.37. The van der Waals surface area contributed by atoms with Crippen molar-refractivity contribution in [3.05, 3.63) is 5.38 Å². The second-order valence-corrected chi connectivity index (χ2v) is 1.82. The molecule has 0 rings (SSSR count). The Morgan fingerprint density at radius 2 is 2.25 bits per heavy atom. The molecule has 0 fully saturated rings. The van der Waals surface area contributed by atoms with Gasteiger partial charge in [0.25, 0.3) is 0 Å². The fourth-order valence-corrected chi connectivity index (χ4v) is 0.285. The van der Waals surface area contributed by atoms with Crippen LogP contribution in [-0.2, 0) is 9.53 Å². The Kier molecular flexibility index (Phi) is 3.61. The summed E-state index contributed by atoms with van der Waals surface area (Å²) in [6.45, 7) is 3.61. The second kappa shape index (κ2) is 3.72. The van der Waals surface area contributed by atoms with Gasteiger partial charge in [-0.3, -0.25) is 4.79 Å². The van der Waals surface area contributed by atoms with Gasteiger partial charge in [-0.2, -0.15) is 0 Å². The lowest BCUT2D eigenvalue weighted by Crippen LogP contribution is -2.07. The van der Waals surface area contributed by atoms with Gasteiger partial charge in [0, 0.05) is 0 Å². The third-order valence-electron chi connectivity index (χ3n) is 0.557. The maximum Gasteiger partial charge on any atom is 0.329 e. The van der Waals surface area contributed by atoms with Crippen LogP contribution in [0.15, 0.2) is 0 Å². The zero-order valence-corrected chi connectivity index (χ0v) is 5.66. The summed E-state index contributed by atoms with van der Waals surface area (Å²) >= 11 is 5.25. The third-order valence-corrected chi connectivity index (χ3v) is 0.711. The highest BCUT2D eigenvalue weighted by Crippen LogP contribution is 2.05. The van der Waals surface area contributed by atoms with Crippen LogP contribution < -0.4 is 0 Å². The van der Waals surface area contributed by atoms with Crippen LogP contribution in [0.1, 0.15) is 13.8 Å². The van der Waals surface area contributed by atoms with Gasteiger partial charge in [-0.25, -0.2) is 0 Å². The van der Waals surface area contributed by atoms with Crippen molar-refractivity contribution in [3.8, 4) is 0 Å². The Hall–Kier alpha value is -0.240. The molecule has 0 saturated carbocycles. The molecule has 0 aromatic rings. The van der Waals surface area contributed by atoms with Crippen molar-refractivity contribution in [1.82, 2.24) is 0 Å². The molecule has 0 aliphatic carbocycles. The summed E-state index contributed by atoms with van der Waals surface area (Å²) in [5, 5.41) is 0.173. The van der Waals surface area contributed by atoms with Gasteiger partial charge < -0.3 is 4.74 Å². The number of esters is 1. The molecule has 0 atom stereocenters. The van der Waals surface area contributed by atoms with E-state index >= 15 is 0 Å². The molecule has 0 aliphatic rings. The van der Waals surface area contributed by atoms with Gasteiger partial charge in [-0.1, -0.05) is 0 Å². The first-order valence-corrected chi connectivity index (χ1v) is 2.72. The lowest BCUT2D eigenvalue weighted by molar-refractivity contribution is -0.139. The van der Waals surface area contributed by atoms with Crippen molar-refractivity contribution in [2.45, 2.75) is 13.8 Å². The smallest absolute Gasteiger partial charge is 0.329 e. The van der Waals surface area contributed by atoms with Gasteiger partial charge >= 0.3 is 5.97 Å². The van der Waals surface area contributed by atoms with Gasteiger partial charge in [0.2, 0.25) is 0 Å². The van der Waals surface area contributed by atoms with Crippen molar-refractivity contribution in [3.63, 3.8) is 0 Å². The number of ether oxygens (including phenoxy) is 1. The first kappa shape index (κ1) is 7.76. The number of hydrogen-bond donors (Lipinski definition) is 0. The van der Waals surface area contributed by atoms with E-state index in [2.05, 4.69) is 4.74 Å². The quantitative estimate of drug-likeness (QED) is 0.534. The van der Waals surface area contributed by atoms with E-state index in [4.69, 9.17) is 11.6 Å². The molecule has 3 heteroatoms. The SMILES string of the molecule is CCOC(=O)[C](C)Cl. The highest BCUT2D eigenvalue weighted by atomic mass is 35.5. The maximum atomic E-state index is 10.4. The largest absolute Gasteiger partial charge is 0.465 e. The molecule has 0 spiro atoms. The number of halogens is 1. The highest BCUT2D eigenvalue weighted by Gasteiger charge is 2.09. The monoisotopic (exact) mass is 135 g/mol. The van der Waals surface area contributed by atoms with Gasteiger partial charge in [-0.05, 0) is 13.8 Å². The number of carbonyl (C=O) groups excluding carboxylic acids is 1. The molecule has 0 aromatic heterocycles. The van der Waals surface area contributed by atoms with Crippen LogP contribution in [0.2, 0.25) is 0 Å². The number of carbonyl (C=O) groups is 1.